The van der Waals surface area contributed by atoms with Gasteiger partial charge in [0.1, 0.15) is 11.3 Å². The fourth-order valence-corrected chi connectivity index (χ4v) is 3.30. The minimum absolute atomic E-state index is 0.0436. The van der Waals surface area contributed by atoms with Crippen molar-refractivity contribution >= 4 is 5.97 Å². The summed E-state index contributed by atoms with van der Waals surface area (Å²) in [6.45, 7) is 1.82. The van der Waals surface area contributed by atoms with Gasteiger partial charge in [-0.3, -0.25) is 0 Å². The number of rotatable bonds is 8. The van der Waals surface area contributed by atoms with E-state index >= 15 is 0 Å². The van der Waals surface area contributed by atoms with Crippen molar-refractivity contribution in [3.63, 3.8) is 0 Å². The van der Waals surface area contributed by atoms with Gasteiger partial charge in [-0.25, -0.2) is 4.79 Å². The number of hydrogen-bond donors (Lipinski definition) is 1. The van der Waals surface area contributed by atoms with Crippen molar-refractivity contribution in [3.8, 4) is 17.2 Å². The molecule has 0 saturated carbocycles. The first-order valence-electron chi connectivity index (χ1n) is 8.14. The zero-order valence-electron chi connectivity index (χ0n) is 16.3. The van der Waals surface area contributed by atoms with Crippen molar-refractivity contribution in [2.45, 2.75) is 12.7 Å². The Labute approximate surface area is 158 Å². The second kappa shape index (κ2) is 8.28. The summed E-state index contributed by atoms with van der Waals surface area (Å²) in [4.78, 5) is 12.0. The predicted octanol–water partition coefficient (Wildman–Crippen LogP) is 3.21. The van der Waals surface area contributed by atoms with Crippen LogP contribution in [0.5, 0.6) is 17.2 Å². The van der Waals surface area contributed by atoms with Crippen LogP contribution in [0.4, 0.5) is 0 Å². The van der Waals surface area contributed by atoms with Gasteiger partial charge in [0.25, 0.3) is 0 Å². The molecule has 0 radical (unpaired) electrons. The quantitative estimate of drug-likeness (QED) is 0.708. The molecular formula is C20H24O7. The second-order valence-corrected chi connectivity index (χ2v) is 5.69. The zero-order valence-corrected chi connectivity index (χ0v) is 16.3. The Morgan fingerprint density at radius 2 is 1.48 bits per heavy atom. The normalized spacial score (nSPS) is 11.2. The van der Waals surface area contributed by atoms with Crippen LogP contribution in [-0.4, -0.2) is 46.6 Å². The van der Waals surface area contributed by atoms with Crippen LogP contribution in [-0.2, 0) is 15.3 Å². The summed E-state index contributed by atoms with van der Waals surface area (Å²) in [5.74, 6) is -1.39. The van der Waals surface area contributed by atoms with E-state index in [1.165, 1.54) is 28.4 Å². The molecule has 7 heteroatoms. The number of methoxy groups -OCH3 is 5. The highest BCUT2D eigenvalue weighted by atomic mass is 16.7. The molecule has 2 rings (SSSR count). The summed E-state index contributed by atoms with van der Waals surface area (Å²) in [6, 6.07) is 8.37. The van der Waals surface area contributed by atoms with Crippen molar-refractivity contribution in [1.29, 1.82) is 0 Å². The van der Waals surface area contributed by atoms with E-state index in [0.29, 0.717) is 28.2 Å². The van der Waals surface area contributed by atoms with Crippen LogP contribution in [0.1, 0.15) is 27.0 Å². The zero-order chi connectivity index (χ0) is 20.2. The minimum Gasteiger partial charge on any atom is -0.496 e. The van der Waals surface area contributed by atoms with Gasteiger partial charge in [-0.2, -0.15) is 0 Å². The van der Waals surface area contributed by atoms with Gasteiger partial charge in [0, 0.05) is 30.9 Å². The monoisotopic (exact) mass is 376 g/mol. The minimum atomic E-state index is -1.49. The Morgan fingerprint density at radius 1 is 0.852 bits per heavy atom. The predicted molar refractivity (Wildman–Crippen MR) is 99.0 cm³/mol. The fraction of sp³-hybridized carbons (Fsp3) is 0.350. The topological polar surface area (TPSA) is 83.5 Å². The van der Waals surface area contributed by atoms with Crippen LogP contribution in [0.25, 0.3) is 0 Å². The highest BCUT2D eigenvalue weighted by Gasteiger charge is 2.41. The summed E-state index contributed by atoms with van der Waals surface area (Å²) >= 11 is 0. The third-order valence-electron chi connectivity index (χ3n) is 4.54. The van der Waals surface area contributed by atoms with Gasteiger partial charge in [-0.05, 0) is 25.1 Å². The highest BCUT2D eigenvalue weighted by Crippen LogP contribution is 2.44. The van der Waals surface area contributed by atoms with Gasteiger partial charge in [0.05, 0.1) is 21.3 Å². The summed E-state index contributed by atoms with van der Waals surface area (Å²) in [5.41, 5.74) is 1.54. The molecule has 7 nitrogen and oxygen atoms in total. The Morgan fingerprint density at radius 3 is 1.96 bits per heavy atom. The van der Waals surface area contributed by atoms with Crippen molar-refractivity contribution in [2.75, 3.05) is 35.5 Å². The molecular weight excluding hydrogens is 352 g/mol. The summed E-state index contributed by atoms with van der Waals surface area (Å²) < 4.78 is 27.6. The largest absolute Gasteiger partial charge is 0.496 e. The molecule has 146 valence electrons. The van der Waals surface area contributed by atoms with Crippen LogP contribution in [0, 0.1) is 6.92 Å². The number of ether oxygens (including phenoxy) is 5. The molecule has 0 aliphatic carbocycles. The van der Waals surface area contributed by atoms with E-state index < -0.39 is 11.8 Å². The maximum absolute atomic E-state index is 12.0. The van der Waals surface area contributed by atoms with E-state index in [-0.39, 0.29) is 11.3 Å². The van der Waals surface area contributed by atoms with E-state index in [1.807, 2.05) is 6.92 Å². The van der Waals surface area contributed by atoms with Crippen LogP contribution in [0.15, 0.2) is 30.3 Å². The SMILES string of the molecule is COc1ccc(C(OC)(OC)c2cccc(OC)c2C(=O)O)c(C)c1OC. The van der Waals surface area contributed by atoms with Gasteiger partial charge >= 0.3 is 5.97 Å². The maximum atomic E-state index is 12.0. The molecule has 2 aromatic carbocycles. The summed E-state index contributed by atoms with van der Waals surface area (Å²) in [6.07, 6.45) is 0. The second-order valence-electron chi connectivity index (χ2n) is 5.69. The summed E-state index contributed by atoms with van der Waals surface area (Å²) in [7, 11) is 7.38. The molecule has 0 heterocycles. The molecule has 0 spiro atoms. The number of carboxylic acids is 1. The lowest BCUT2D eigenvalue weighted by Crippen LogP contribution is -2.35. The number of aromatic carboxylic acids is 1. The first-order valence-corrected chi connectivity index (χ1v) is 8.14. The third kappa shape index (κ3) is 3.31. The molecule has 2 aromatic rings. The van der Waals surface area contributed by atoms with Gasteiger partial charge in [-0.15, -0.1) is 0 Å². The van der Waals surface area contributed by atoms with E-state index in [4.69, 9.17) is 23.7 Å². The Balaban J connectivity index is 2.88. The molecule has 0 fully saturated rings. The average molecular weight is 376 g/mol. The molecule has 0 atom stereocenters. The van der Waals surface area contributed by atoms with Gasteiger partial charge < -0.3 is 28.8 Å². The smallest absolute Gasteiger partial charge is 0.339 e. The van der Waals surface area contributed by atoms with E-state index in [0.717, 1.165) is 0 Å². The molecule has 0 aromatic heterocycles. The molecule has 1 N–H and O–H groups in total. The van der Waals surface area contributed by atoms with Gasteiger partial charge in [0.2, 0.25) is 5.79 Å². The van der Waals surface area contributed by atoms with Crippen molar-refractivity contribution < 1.29 is 33.6 Å². The number of carbonyl (C=O) groups is 1. The maximum Gasteiger partial charge on any atom is 0.339 e. The molecule has 0 saturated heterocycles. The standard InChI is InChI=1S/C20H24O7/c1-12-13(10-11-16(24-3)18(12)25-4)20(26-5,27-6)14-8-7-9-15(23-2)17(14)19(21)22/h7-11H,1-6H3,(H,21,22). The Kier molecular flexibility index (Phi) is 6.30. The van der Waals surface area contributed by atoms with Crippen molar-refractivity contribution in [2.24, 2.45) is 0 Å². The lowest BCUT2D eigenvalue weighted by molar-refractivity contribution is -0.184. The first-order chi connectivity index (χ1) is 12.9. The Bertz CT molecular complexity index is 825. The highest BCUT2D eigenvalue weighted by molar-refractivity contribution is 5.93. The lowest BCUT2D eigenvalue weighted by atomic mass is 9.89. The molecule has 27 heavy (non-hydrogen) atoms. The fourth-order valence-electron chi connectivity index (χ4n) is 3.30. The van der Waals surface area contributed by atoms with Crippen LogP contribution in [0.2, 0.25) is 0 Å². The van der Waals surface area contributed by atoms with Crippen LogP contribution < -0.4 is 14.2 Å². The summed E-state index contributed by atoms with van der Waals surface area (Å²) in [5, 5.41) is 9.80. The number of carboxylic acid groups (broad SMARTS) is 1. The van der Waals surface area contributed by atoms with Crippen molar-refractivity contribution in [1.82, 2.24) is 0 Å². The molecule has 0 aliphatic rings. The van der Waals surface area contributed by atoms with Crippen LogP contribution >= 0.6 is 0 Å². The molecule has 0 aliphatic heterocycles. The number of hydrogen-bond acceptors (Lipinski definition) is 6. The van der Waals surface area contributed by atoms with E-state index in [1.54, 1.807) is 37.4 Å². The van der Waals surface area contributed by atoms with Crippen molar-refractivity contribution in [3.05, 3.63) is 52.6 Å². The molecule has 0 bridgehead atoms. The number of benzene rings is 2. The average Bonchev–Trinajstić information content (AvgIpc) is 2.69. The third-order valence-corrected chi connectivity index (χ3v) is 4.54. The molecule has 0 amide bonds. The Hall–Kier alpha value is -2.77. The van der Waals surface area contributed by atoms with Gasteiger partial charge in [0.15, 0.2) is 11.5 Å². The van der Waals surface area contributed by atoms with E-state index in [2.05, 4.69) is 0 Å². The van der Waals surface area contributed by atoms with E-state index in [9.17, 15) is 9.90 Å². The first kappa shape index (κ1) is 20.5. The molecule has 0 unspecified atom stereocenters. The lowest BCUT2D eigenvalue weighted by Gasteiger charge is -2.34. The van der Waals surface area contributed by atoms with Crippen LogP contribution in [0.3, 0.4) is 0 Å². The van der Waals surface area contributed by atoms with Gasteiger partial charge in [-0.1, -0.05) is 12.1 Å².